The van der Waals surface area contributed by atoms with Gasteiger partial charge in [0.1, 0.15) is 5.82 Å². The molecule has 78 valence electrons. The summed E-state index contributed by atoms with van der Waals surface area (Å²) in [4.78, 5) is 2.01. The fraction of sp³-hybridized carbons (Fsp3) is 0.778. The van der Waals surface area contributed by atoms with Crippen molar-refractivity contribution < 1.29 is 0 Å². The summed E-state index contributed by atoms with van der Waals surface area (Å²) >= 11 is 0. The van der Waals surface area contributed by atoms with Crippen LogP contribution in [0.4, 0.5) is 5.95 Å². The summed E-state index contributed by atoms with van der Waals surface area (Å²) in [5.41, 5.74) is 5.54. The van der Waals surface area contributed by atoms with Gasteiger partial charge in [-0.05, 0) is 19.4 Å². The molecule has 1 aromatic heterocycles. The van der Waals surface area contributed by atoms with Gasteiger partial charge in [-0.15, -0.1) is 10.2 Å². The quantitative estimate of drug-likeness (QED) is 0.744. The molecule has 2 N–H and O–H groups in total. The second kappa shape index (κ2) is 3.57. The summed E-state index contributed by atoms with van der Waals surface area (Å²) in [5.74, 6) is 1.98. The highest BCUT2D eigenvalue weighted by molar-refractivity contribution is 5.30. The van der Waals surface area contributed by atoms with Crippen molar-refractivity contribution in [3.05, 3.63) is 5.82 Å². The Kier molecular flexibility index (Phi) is 2.41. The van der Waals surface area contributed by atoms with Crippen LogP contribution in [0, 0.1) is 0 Å². The Morgan fingerprint density at radius 3 is 2.64 bits per heavy atom. The van der Waals surface area contributed by atoms with E-state index < -0.39 is 0 Å². The third-order valence-electron chi connectivity index (χ3n) is 2.43. The van der Waals surface area contributed by atoms with Crippen LogP contribution in [0.3, 0.4) is 0 Å². The van der Waals surface area contributed by atoms with Crippen molar-refractivity contribution in [2.45, 2.75) is 25.3 Å². The van der Waals surface area contributed by atoms with Crippen LogP contribution in [0.15, 0.2) is 0 Å². The largest absolute Gasteiger partial charge is 0.347 e. The lowest BCUT2D eigenvalue weighted by Crippen LogP contribution is -2.17. The zero-order chi connectivity index (χ0) is 10.1. The van der Waals surface area contributed by atoms with E-state index >= 15 is 0 Å². The third kappa shape index (κ3) is 1.59. The van der Waals surface area contributed by atoms with E-state index in [1.807, 2.05) is 19.0 Å². The summed E-state index contributed by atoms with van der Waals surface area (Å²) in [5, 5.41) is 8.36. The van der Waals surface area contributed by atoms with Gasteiger partial charge in [-0.2, -0.15) is 0 Å². The van der Waals surface area contributed by atoms with Crippen molar-refractivity contribution in [1.29, 1.82) is 0 Å². The van der Waals surface area contributed by atoms with Gasteiger partial charge < -0.3 is 10.6 Å². The van der Waals surface area contributed by atoms with Gasteiger partial charge in [-0.3, -0.25) is 4.57 Å². The zero-order valence-electron chi connectivity index (χ0n) is 8.77. The van der Waals surface area contributed by atoms with Gasteiger partial charge in [0.15, 0.2) is 0 Å². The zero-order valence-corrected chi connectivity index (χ0v) is 8.77. The normalized spacial score (nSPS) is 15.9. The number of hydrogen-bond donors (Lipinski definition) is 1. The van der Waals surface area contributed by atoms with E-state index in [0.717, 1.165) is 18.2 Å². The van der Waals surface area contributed by atoms with Gasteiger partial charge >= 0.3 is 0 Å². The third-order valence-corrected chi connectivity index (χ3v) is 2.43. The molecule has 0 spiro atoms. The number of anilines is 1. The maximum atomic E-state index is 5.54. The lowest BCUT2D eigenvalue weighted by Gasteiger charge is -2.14. The number of rotatable bonds is 4. The molecule has 0 amide bonds. The summed E-state index contributed by atoms with van der Waals surface area (Å²) in [6, 6.07) is 0.615. The molecule has 14 heavy (non-hydrogen) atoms. The van der Waals surface area contributed by atoms with Crippen molar-refractivity contribution in [1.82, 2.24) is 14.8 Å². The number of hydrogen-bond acceptors (Lipinski definition) is 4. The molecule has 0 bridgehead atoms. The molecule has 0 saturated heterocycles. The van der Waals surface area contributed by atoms with Crippen LogP contribution in [0.5, 0.6) is 0 Å². The number of nitrogens with zero attached hydrogens (tertiary/aromatic N) is 4. The molecule has 1 aliphatic rings. The van der Waals surface area contributed by atoms with E-state index in [1.165, 1.54) is 12.8 Å². The monoisotopic (exact) mass is 195 g/mol. The van der Waals surface area contributed by atoms with E-state index in [0.29, 0.717) is 12.6 Å². The van der Waals surface area contributed by atoms with Gasteiger partial charge in [0.2, 0.25) is 5.95 Å². The first-order valence-corrected chi connectivity index (χ1v) is 5.05. The Hall–Kier alpha value is -1.10. The molecule has 0 aromatic carbocycles. The maximum absolute atomic E-state index is 5.54. The predicted molar refractivity (Wildman–Crippen MR) is 55.4 cm³/mol. The van der Waals surface area contributed by atoms with Crippen molar-refractivity contribution in [2.75, 3.05) is 25.5 Å². The van der Waals surface area contributed by atoms with Crippen LogP contribution in [0.2, 0.25) is 0 Å². The molecule has 2 rings (SSSR count). The average Bonchev–Trinajstić information content (AvgIpc) is 2.88. The fourth-order valence-corrected chi connectivity index (χ4v) is 1.63. The molecule has 0 aliphatic heterocycles. The minimum atomic E-state index is 0.615. The molecule has 1 aromatic rings. The van der Waals surface area contributed by atoms with E-state index in [4.69, 9.17) is 5.73 Å². The Balaban J connectivity index is 2.31. The standard InChI is InChI=1S/C9H17N5/c1-13(2)9-12-11-8(5-6-10)14(9)7-3-4-7/h7H,3-6,10H2,1-2H3. The van der Waals surface area contributed by atoms with Crippen molar-refractivity contribution >= 4 is 5.95 Å². The highest BCUT2D eigenvalue weighted by atomic mass is 15.4. The first kappa shape index (κ1) is 9.45. The second-order valence-electron chi connectivity index (χ2n) is 3.95. The lowest BCUT2D eigenvalue weighted by molar-refractivity contribution is 0.672. The number of nitrogens with two attached hydrogens (primary N) is 1. The van der Waals surface area contributed by atoms with E-state index in [2.05, 4.69) is 14.8 Å². The maximum Gasteiger partial charge on any atom is 0.226 e. The first-order chi connectivity index (χ1) is 6.74. The van der Waals surface area contributed by atoms with Crippen molar-refractivity contribution in [3.63, 3.8) is 0 Å². The van der Waals surface area contributed by atoms with Crippen LogP contribution in [0.25, 0.3) is 0 Å². The summed E-state index contributed by atoms with van der Waals surface area (Å²) in [6.07, 6.45) is 3.31. The molecule has 1 heterocycles. The smallest absolute Gasteiger partial charge is 0.226 e. The molecule has 1 saturated carbocycles. The van der Waals surface area contributed by atoms with E-state index in [9.17, 15) is 0 Å². The van der Waals surface area contributed by atoms with Gasteiger partial charge in [0, 0.05) is 26.6 Å². The first-order valence-electron chi connectivity index (χ1n) is 5.05. The lowest BCUT2D eigenvalue weighted by atomic mass is 10.4. The molecule has 5 nitrogen and oxygen atoms in total. The van der Waals surface area contributed by atoms with Gasteiger partial charge in [-0.25, -0.2) is 0 Å². The Morgan fingerprint density at radius 1 is 1.43 bits per heavy atom. The van der Waals surface area contributed by atoms with Crippen LogP contribution < -0.4 is 10.6 Å². The highest BCUT2D eigenvalue weighted by Crippen LogP contribution is 2.38. The Labute approximate surface area is 83.9 Å². The molecular weight excluding hydrogens is 178 g/mol. The summed E-state index contributed by atoms with van der Waals surface area (Å²) in [7, 11) is 3.99. The topological polar surface area (TPSA) is 60.0 Å². The minimum Gasteiger partial charge on any atom is -0.347 e. The van der Waals surface area contributed by atoms with Crippen LogP contribution in [0.1, 0.15) is 24.7 Å². The van der Waals surface area contributed by atoms with E-state index in [-0.39, 0.29) is 0 Å². The van der Waals surface area contributed by atoms with Gasteiger partial charge in [-0.1, -0.05) is 0 Å². The van der Waals surface area contributed by atoms with Crippen molar-refractivity contribution in [2.24, 2.45) is 5.73 Å². The molecule has 1 fully saturated rings. The fourth-order valence-electron chi connectivity index (χ4n) is 1.63. The van der Waals surface area contributed by atoms with Crippen LogP contribution in [-0.2, 0) is 6.42 Å². The van der Waals surface area contributed by atoms with Gasteiger partial charge in [0.05, 0.1) is 0 Å². The molecule has 1 aliphatic carbocycles. The van der Waals surface area contributed by atoms with Crippen LogP contribution in [-0.4, -0.2) is 35.4 Å². The molecule has 0 unspecified atom stereocenters. The second-order valence-corrected chi connectivity index (χ2v) is 3.95. The summed E-state index contributed by atoms with van der Waals surface area (Å²) in [6.45, 7) is 0.637. The van der Waals surface area contributed by atoms with Crippen molar-refractivity contribution in [3.8, 4) is 0 Å². The molecule has 0 radical (unpaired) electrons. The molecule has 5 heteroatoms. The Bertz CT molecular complexity index is 313. The minimum absolute atomic E-state index is 0.615. The average molecular weight is 195 g/mol. The van der Waals surface area contributed by atoms with E-state index in [1.54, 1.807) is 0 Å². The highest BCUT2D eigenvalue weighted by Gasteiger charge is 2.29. The number of aromatic nitrogens is 3. The van der Waals surface area contributed by atoms with Gasteiger partial charge in [0.25, 0.3) is 0 Å². The predicted octanol–water partition coefficient (Wildman–Crippen LogP) is 0.180. The molecular formula is C9H17N5. The van der Waals surface area contributed by atoms with Crippen LogP contribution >= 0.6 is 0 Å². The Morgan fingerprint density at radius 2 is 2.14 bits per heavy atom. The molecule has 0 atom stereocenters. The summed E-state index contributed by atoms with van der Waals surface area (Å²) < 4.78 is 2.23. The SMILES string of the molecule is CN(C)c1nnc(CCN)n1C1CC1.